The highest BCUT2D eigenvalue weighted by atomic mass is 79.9. The molecule has 0 radical (unpaired) electrons. The maximum Gasteiger partial charge on any atom is 0.340 e. The molecule has 0 saturated heterocycles. The maximum absolute atomic E-state index is 11.2. The van der Waals surface area contributed by atoms with Crippen molar-refractivity contribution in [3.63, 3.8) is 0 Å². The standard InChI is InChI=1S/C8H8BrNO3/c1-2-13-8(12)5-3-4-6(11)10-7(5)9/h3-4H,2H2,1H3,(H,10,11). The number of nitrogens with one attached hydrogen (secondary N) is 1. The van der Waals surface area contributed by atoms with Gasteiger partial charge in [0.2, 0.25) is 5.56 Å². The smallest absolute Gasteiger partial charge is 0.340 e. The second-order valence-electron chi connectivity index (χ2n) is 2.27. The average molecular weight is 246 g/mol. The van der Waals surface area contributed by atoms with Gasteiger partial charge < -0.3 is 9.72 Å². The van der Waals surface area contributed by atoms with E-state index in [2.05, 4.69) is 20.9 Å². The van der Waals surface area contributed by atoms with Crippen LogP contribution in [0, 0.1) is 0 Å². The Bertz CT molecular complexity index is 372. The zero-order valence-corrected chi connectivity index (χ0v) is 8.55. The molecule has 1 aromatic heterocycles. The molecule has 0 bridgehead atoms. The second-order valence-corrected chi connectivity index (χ2v) is 3.06. The quantitative estimate of drug-likeness (QED) is 0.632. The fourth-order valence-corrected chi connectivity index (χ4v) is 1.31. The number of carbonyl (C=O) groups excluding carboxylic acids is 1. The van der Waals surface area contributed by atoms with Crippen LogP contribution in [0.2, 0.25) is 0 Å². The van der Waals surface area contributed by atoms with Crippen molar-refractivity contribution < 1.29 is 9.53 Å². The van der Waals surface area contributed by atoms with Crippen molar-refractivity contribution in [1.82, 2.24) is 4.98 Å². The topological polar surface area (TPSA) is 59.2 Å². The zero-order valence-electron chi connectivity index (χ0n) is 6.96. The van der Waals surface area contributed by atoms with Gasteiger partial charge in [-0.1, -0.05) is 0 Å². The Balaban J connectivity index is 3.02. The molecule has 0 amide bonds. The zero-order chi connectivity index (χ0) is 9.84. The van der Waals surface area contributed by atoms with Gasteiger partial charge in [0.05, 0.1) is 16.8 Å². The van der Waals surface area contributed by atoms with E-state index >= 15 is 0 Å². The Morgan fingerprint density at radius 3 is 2.85 bits per heavy atom. The minimum atomic E-state index is -0.453. The molecular formula is C8H8BrNO3. The summed E-state index contributed by atoms with van der Waals surface area (Å²) in [5.41, 5.74) is 0.0568. The molecule has 4 nitrogen and oxygen atoms in total. The third-order valence-electron chi connectivity index (χ3n) is 1.37. The molecule has 1 heterocycles. The number of rotatable bonds is 2. The maximum atomic E-state index is 11.2. The summed E-state index contributed by atoms with van der Waals surface area (Å²) in [4.78, 5) is 24.4. The van der Waals surface area contributed by atoms with Gasteiger partial charge in [0.1, 0.15) is 0 Å². The van der Waals surface area contributed by atoms with Crippen molar-refractivity contribution in [3.8, 4) is 0 Å². The summed E-state index contributed by atoms with van der Waals surface area (Å²) in [6.45, 7) is 2.03. The van der Waals surface area contributed by atoms with Crippen molar-refractivity contribution >= 4 is 21.9 Å². The highest BCUT2D eigenvalue weighted by Gasteiger charge is 2.10. The van der Waals surface area contributed by atoms with Crippen LogP contribution in [0.4, 0.5) is 0 Å². The lowest BCUT2D eigenvalue weighted by atomic mass is 10.3. The molecule has 0 aliphatic rings. The number of hydrogen-bond donors (Lipinski definition) is 1. The third kappa shape index (κ3) is 2.42. The van der Waals surface area contributed by atoms with Crippen LogP contribution in [0.25, 0.3) is 0 Å². The van der Waals surface area contributed by atoms with Gasteiger partial charge in [0.25, 0.3) is 0 Å². The van der Waals surface area contributed by atoms with Crippen LogP contribution in [0.5, 0.6) is 0 Å². The molecule has 1 rings (SSSR count). The van der Waals surface area contributed by atoms with Crippen LogP contribution >= 0.6 is 15.9 Å². The number of esters is 1. The largest absolute Gasteiger partial charge is 0.462 e. The molecule has 5 heteroatoms. The van der Waals surface area contributed by atoms with E-state index in [4.69, 9.17) is 4.74 Å². The predicted octanol–water partition coefficient (Wildman–Crippen LogP) is 1.31. The molecule has 0 unspecified atom stereocenters. The number of aromatic amines is 1. The van der Waals surface area contributed by atoms with E-state index < -0.39 is 5.97 Å². The first-order valence-corrected chi connectivity index (χ1v) is 4.50. The number of halogens is 1. The van der Waals surface area contributed by atoms with Gasteiger partial charge in [-0.25, -0.2) is 4.79 Å². The summed E-state index contributed by atoms with van der Waals surface area (Å²) in [5, 5.41) is 0. The molecular weight excluding hydrogens is 238 g/mol. The molecule has 0 aliphatic heterocycles. The Morgan fingerprint density at radius 2 is 2.31 bits per heavy atom. The number of H-pyrrole nitrogens is 1. The average Bonchev–Trinajstić information content (AvgIpc) is 2.04. The number of ether oxygens (including phenoxy) is 1. The van der Waals surface area contributed by atoms with E-state index in [0.717, 1.165) is 0 Å². The molecule has 0 fully saturated rings. The normalized spacial score (nSPS) is 9.69. The van der Waals surface area contributed by atoms with E-state index in [-0.39, 0.29) is 5.56 Å². The second kappa shape index (κ2) is 4.23. The lowest BCUT2D eigenvalue weighted by molar-refractivity contribution is 0.0524. The van der Waals surface area contributed by atoms with Crippen molar-refractivity contribution in [2.75, 3.05) is 6.61 Å². The van der Waals surface area contributed by atoms with Crippen LogP contribution in [-0.4, -0.2) is 17.6 Å². The van der Waals surface area contributed by atoms with Gasteiger partial charge in [-0.2, -0.15) is 0 Å². The summed E-state index contributed by atoms with van der Waals surface area (Å²) in [6, 6.07) is 2.69. The van der Waals surface area contributed by atoms with E-state index in [1.165, 1.54) is 12.1 Å². The van der Waals surface area contributed by atoms with Gasteiger partial charge in [0.15, 0.2) is 0 Å². The predicted molar refractivity (Wildman–Crippen MR) is 50.7 cm³/mol. The van der Waals surface area contributed by atoms with Crippen molar-refractivity contribution in [3.05, 3.63) is 32.7 Å². The van der Waals surface area contributed by atoms with E-state index in [1.807, 2.05) is 0 Å². The Hall–Kier alpha value is -1.10. The molecule has 70 valence electrons. The number of pyridine rings is 1. The van der Waals surface area contributed by atoms with Crippen LogP contribution in [0.15, 0.2) is 21.5 Å². The minimum Gasteiger partial charge on any atom is -0.462 e. The van der Waals surface area contributed by atoms with E-state index in [1.54, 1.807) is 6.92 Å². The third-order valence-corrected chi connectivity index (χ3v) is 1.99. The highest BCUT2D eigenvalue weighted by Crippen LogP contribution is 2.11. The van der Waals surface area contributed by atoms with Crippen LogP contribution < -0.4 is 5.56 Å². The number of aromatic nitrogens is 1. The fourth-order valence-electron chi connectivity index (χ4n) is 0.816. The van der Waals surface area contributed by atoms with Gasteiger partial charge >= 0.3 is 5.97 Å². The number of hydrogen-bond acceptors (Lipinski definition) is 3. The van der Waals surface area contributed by atoms with Gasteiger partial charge in [-0.15, -0.1) is 0 Å². The first-order valence-electron chi connectivity index (χ1n) is 3.71. The van der Waals surface area contributed by atoms with Gasteiger partial charge in [-0.05, 0) is 28.9 Å². The van der Waals surface area contributed by atoms with Crippen LogP contribution in [0.3, 0.4) is 0 Å². The van der Waals surface area contributed by atoms with E-state index in [9.17, 15) is 9.59 Å². The van der Waals surface area contributed by atoms with Crippen molar-refractivity contribution in [1.29, 1.82) is 0 Å². The Labute approximate surface area is 83.1 Å². The molecule has 1 aromatic rings. The van der Waals surface area contributed by atoms with Gasteiger partial charge in [-0.3, -0.25) is 4.79 Å². The SMILES string of the molecule is CCOC(=O)c1ccc(=O)[nH]c1Br. The summed E-state index contributed by atoms with van der Waals surface area (Å²) in [7, 11) is 0. The lowest BCUT2D eigenvalue weighted by Crippen LogP contribution is -2.11. The Morgan fingerprint density at radius 1 is 1.62 bits per heavy atom. The van der Waals surface area contributed by atoms with Crippen molar-refractivity contribution in [2.45, 2.75) is 6.92 Å². The first kappa shape index (κ1) is 9.98. The monoisotopic (exact) mass is 245 g/mol. The summed E-state index contributed by atoms with van der Waals surface area (Å²) in [5.74, 6) is -0.453. The highest BCUT2D eigenvalue weighted by molar-refractivity contribution is 9.10. The summed E-state index contributed by atoms with van der Waals surface area (Å²) >= 11 is 3.06. The molecule has 0 aromatic carbocycles. The summed E-state index contributed by atoms with van der Waals surface area (Å²) < 4.78 is 5.10. The molecule has 0 atom stereocenters. The molecule has 0 spiro atoms. The fraction of sp³-hybridized carbons (Fsp3) is 0.250. The number of carbonyl (C=O) groups is 1. The van der Waals surface area contributed by atoms with E-state index in [0.29, 0.717) is 16.8 Å². The summed E-state index contributed by atoms with van der Waals surface area (Å²) in [6.07, 6.45) is 0. The minimum absolute atomic E-state index is 0.264. The van der Waals surface area contributed by atoms with Crippen LogP contribution in [0.1, 0.15) is 17.3 Å². The first-order chi connectivity index (χ1) is 6.15. The molecule has 13 heavy (non-hydrogen) atoms. The molecule has 0 saturated carbocycles. The van der Waals surface area contributed by atoms with Crippen LogP contribution in [-0.2, 0) is 4.74 Å². The van der Waals surface area contributed by atoms with Crippen molar-refractivity contribution in [2.24, 2.45) is 0 Å². The molecule has 0 aliphatic carbocycles. The lowest BCUT2D eigenvalue weighted by Gasteiger charge is -2.02. The molecule has 1 N–H and O–H groups in total. The Kier molecular flexibility index (Phi) is 3.25. The van der Waals surface area contributed by atoms with Gasteiger partial charge in [0, 0.05) is 6.07 Å².